The van der Waals surface area contributed by atoms with E-state index in [0.29, 0.717) is 53.6 Å². The summed E-state index contributed by atoms with van der Waals surface area (Å²) in [4.78, 5) is 11.6. The van der Waals surface area contributed by atoms with Crippen LogP contribution in [0, 0.1) is 17.1 Å². The number of hydrogen-bond acceptors (Lipinski definition) is 7. The lowest BCUT2D eigenvalue weighted by atomic mass is 9.98. The predicted molar refractivity (Wildman–Crippen MR) is 122 cm³/mol. The van der Waals surface area contributed by atoms with Crippen molar-refractivity contribution in [1.82, 2.24) is 0 Å². The summed E-state index contributed by atoms with van der Waals surface area (Å²) in [6.45, 7) is 0.389. The van der Waals surface area contributed by atoms with Crippen LogP contribution in [-0.2, 0) is 16.0 Å². The number of benzene rings is 3. The van der Waals surface area contributed by atoms with Crippen LogP contribution < -0.4 is 14.2 Å². The van der Waals surface area contributed by atoms with Crippen molar-refractivity contribution in [2.45, 2.75) is 31.3 Å². The van der Waals surface area contributed by atoms with Crippen LogP contribution in [0.5, 0.6) is 28.7 Å². The summed E-state index contributed by atoms with van der Waals surface area (Å²) in [7, 11) is 1.36. The molecule has 1 aliphatic carbocycles. The van der Waals surface area contributed by atoms with Crippen molar-refractivity contribution in [3.05, 3.63) is 76.6 Å². The number of phenols is 1. The van der Waals surface area contributed by atoms with Gasteiger partial charge in [0.05, 0.1) is 25.7 Å². The van der Waals surface area contributed by atoms with Crippen molar-refractivity contribution in [2.24, 2.45) is 0 Å². The quantitative estimate of drug-likeness (QED) is 0.483. The van der Waals surface area contributed by atoms with Crippen molar-refractivity contribution >= 4 is 5.97 Å². The smallest absolute Gasteiger partial charge is 0.306 e. The summed E-state index contributed by atoms with van der Waals surface area (Å²) in [5.41, 5.74) is 2.20. The van der Waals surface area contributed by atoms with Gasteiger partial charge in [-0.3, -0.25) is 4.79 Å². The highest BCUT2D eigenvalue weighted by Crippen LogP contribution is 2.44. The van der Waals surface area contributed by atoms with E-state index in [1.54, 1.807) is 24.3 Å². The molecule has 0 saturated carbocycles. The molecule has 0 saturated heterocycles. The predicted octanol–water partition coefficient (Wildman–Crippen LogP) is 5.30. The first-order valence-corrected chi connectivity index (χ1v) is 11.2. The summed E-state index contributed by atoms with van der Waals surface area (Å²) in [5.74, 6) is 1.08. The van der Waals surface area contributed by atoms with Gasteiger partial charge < -0.3 is 24.1 Å². The normalized spacial score (nSPS) is 17.6. The van der Waals surface area contributed by atoms with Gasteiger partial charge in [0.1, 0.15) is 46.7 Å². The highest BCUT2D eigenvalue weighted by molar-refractivity contribution is 5.71. The van der Waals surface area contributed by atoms with Crippen LogP contribution in [0.4, 0.5) is 4.39 Å². The Balaban J connectivity index is 1.35. The van der Waals surface area contributed by atoms with E-state index in [-0.39, 0.29) is 35.4 Å². The monoisotopic (exact) mass is 475 g/mol. The number of carbonyl (C=O) groups excluding carboxylic acids is 1. The first-order valence-electron chi connectivity index (χ1n) is 11.2. The summed E-state index contributed by atoms with van der Waals surface area (Å²) < 4.78 is 37.4. The van der Waals surface area contributed by atoms with Gasteiger partial charge >= 0.3 is 5.97 Å². The topological polar surface area (TPSA) is 98.0 Å². The SMILES string of the molecule is COC(=O)CC1COc2cc(O[C@@H]3CCc4c(Oc5ccc(C#N)c(O)c5)ccc(F)c43)ccc21. The molecule has 0 aromatic heterocycles. The molecule has 7 nitrogen and oxygen atoms in total. The fourth-order valence-corrected chi connectivity index (χ4v) is 4.60. The van der Waals surface area contributed by atoms with Gasteiger partial charge in [0.2, 0.25) is 0 Å². The van der Waals surface area contributed by atoms with Gasteiger partial charge in [-0.2, -0.15) is 5.26 Å². The van der Waals surface area contributed by atoms with Gasteiger partial charge in [-0.15, -0.1) is 0 Å². The molecule has 1 N–H and O–H groups in total. The summed E-state index contributed by atoms with van der Waals surface area (Å²) in [6, 6.07) is 14.6. The molecule has 1 aliphatic heterocycles. The van der Waals surface area contributed by atoms with E-state index >= 15 is 0 Å². The number of ether oxygens (including phenoxy) is 4. The first-order chi connectivity index (χ1) is 17.0. The summed E-state index contributed by atoms with van der Waals surface area (Å²) in [5, 5.41) is 18.9. The van der Waals surface area contributed by atoms with Crippen molar-refractivity contribution in [3.8, 4) is 34.8 Å². The Labute approximate surface area is 201 Å². The largest absolute Gasteiger partial charge is 0.506 e. The molecule has 0 amide bonds. The maximum atomic E-state index is 14.9. The molecule has 2 atom stereocenters. The molecule has 0 fully saturated rings. The third-order valence-corrected chi connectivity index (χ3v) is 6.34. The fourth-order valence-electron chi connectivity index (χ4n) is 4.60. The number of methoxy groups -OCH3 is 1. The van der Waals surface area contributed by atoms with Gasteiger partial charge in [0.15, 0.2) is 0 Å². The van der Waals surface area contributed by atoms with Crippen molar-refractivity contribution < 1.29 is 33.2 Å². The third kappa shape index (κ3) is 4.33. The third-order valence-electron chi connectivity index (χ3n) is 6.34. The Hall–Kier alpha value is -4.25. The second kappa shape index (κ2) is 9.18. The summed E-state index contributed by atoms with van der Waals surface area (Å²) >= 11 is 0. The van der Waals surface area contributed by atoms with E-state index in [1.165, 1.54) is 25.3 Å². The Bertz CT molecular complexity index is 1350. The van der Waals surface area contributed by atoms with E-state index in [9.17, 15) is 14.3 Å². The molecule has 3 aromatic rings. The molecule has 35 heavy (non-hydrogen) atoms. The van der Waals surface area contributed by atoms with E-state index < -0.39 is 6.10 Å². The van der Waals surface area contributed by atoms with Crippen molar-refractivity contribution in [1.29, 1.82) is 5.26 Å². The molecular weight excluding hydrogens is 453 g/mol. The number of fused-ring (bicyclic) bond motifs is 2. The molecule has 0 spiro atoms. The second-order valence-corrected chi connectivity index (χ2v) is 8.46. The van der Waals surface area contributed by atoms with Gasteiger partial charge in [0, 0.05) is 34.7 Å². The second-order valence-electron chi connectivity index (χ2n) is 8.46. The zero-order valence-corrected chi connectivity index (χ0v) is 18.9. The zero-order chi connectivity index (χ0) is 24.5. The van der Waals surface area contributed by atoms with Crippen LogP contribution in [0.2, 0.25) is 0 Å². The van der Waals surface area contributed by atoms with Crippen LogP contribution in [-0.4, -0.2) is 24.8 Å². The molecular formula is C27H22FNO6. The number of halogens is 1. The lowest BCUT2D eigenvalue weighted by molar-refractivity contribution is -0.141. The number of hydrogen-bond donors (Lipinski definition) is 1. The number of nitrogens with zero attached hydrogens (tertiary/aromatic N) is 1. The van der Waals surface area contributed by atoms with Crippen LogP contribution in [0.1, 0.15) is 47.1 Å². The molecule has 0 bridgehead atoms. The Morgan fingerprint density at radius 2 is 2.03 bits per heavy atom. The average Bonchev–Trinajstić information content (AvgIpc) is 3.46. The van der Waals surface area contributed by atoms with E-state index in [4.69, 9.17) is 24.2 Å². The van der Waals surface area contributed by atoms with E-state index in [1.807, 2.05) is 12.1 Å². The van der Waals surface area contributed by atoms with Crippen molar-refractivity contribution in [2.75, 3.05) is 13.7 Å². The molecule has 1 unspecified atom stereocenters. The maximum Gasteiger partial charge on any atom is 0.306 e. The Kier molecular flexibility index (Phi) is 5.91. The minimum Gasteiger partial charge on any atom is -0.506 e. The maximum absolute atomic E-state index is 14.9. The van der Waals surface area contributed by atoms with Gasteiger partial charge in [0.25, 0.3) is 0 Å². The molecule has 178 valence electrons. The Morgan fingerprint density at radius 3 is 2.80 bits per heavy atom. The molecule has 2 aliphatic rings. The standard InChI is InChI=1S/C27H22FNO6/c1-32-26(31)10-16-14-33-25-12-18(4-5-19(16)25)35-24-8-6-20-23(9-7-21(28)27(20)24)34-17-3-2-15(13-29)22(30)11-17/h2-5,7,9,11-12,16,24,30H,6,8,10,14H2,1H3/t16?,24-/m1/s1. The number of phenolic OH excluding ortho intramolecular Hbond substituents is 1. The lowest BCUT2D eigenvalue weighted by Gasteiger charge is -2.17. The van der Waals surface area contributed by atoms with Gasteiger partial charge in [-0.05, 0) is 43.2 Å². The Morgan fingerprint density at radius 1 is 1.20 bits per heavy atom. The number of aromatic hydroxyl groups is 1. The molecule has 0 radical (unpaired) electrons. The number of nitriles is 1. The zero-order valence-electron chi connectivity index (χ0n) is 18.9. The van der Waals surface area contributed by atoms with Gasteiger partial charge in [-0.25, -0.2) is 4.39 Å². The highest BCUT2D eigenvalue weighted by Gasteiger charge is 2.32. The van der Waals surface area contributed by atoms with Gasteiger partial charge in [-0.1, -0.05) is 6.07 Å². The molecule has 8 heteroatoms. The van der Waals surface area contributed by atoms with E-state index in [2.05, 4.69) is 0 Å². The van der Waals surface area contributed by atoms with E-state index in [0.717, 1.165) is 5.56 Å². The highest BCUT2D eigenvalue weighted by atomic mass is 19.1. The van der Waals surface area contributed by atoms with Crippen LogP contribution in [0.25, 0.3) is 0 Å². The number of esters is 1. The fraction of sp³-hybridized carbons (Fsp3) is 0.259. The lowest BCUT2D eigenvalue weighted by Crippen LogP contribution is -2.09. The summed E-state index contributed by atoms with van der Waals surface area (Å²) in [6.07, 6.45) is 0.852. The minimum absolute atomic E-state index is 0.0717. The minimum atomic E-state index is -0.506. The van der Waals surface area contributed by atoms with Crippen LogP contribution in [0.15, 0.2) is 48.5 Å². The van der Waals surface area contributed by atoms with Crippen LogP contribution in [0.3, 0.4) is 0 Å². The molecule has 3 aromatic carbocycles. The van der Waals surface area contributed by atoms with Crippen molar-refractivity contribution in [3.63, 3.8) is 0 Å². The number of rotatable bonds is 6. The van der Waals surface area contributed by atoms with Crippen LogP contribution >= 0.6 is 0 Å². The number of carbonyl (C=O) groups is 1. The first kappa shape index (κ1) is 22.5. The molecule has 5 rings (SSSR count). The molecule has 1 heterocycles. The average molecular weight is 475 g/mol.